The van der Waals surface area contributed by atoms with E-state index in [0.717, 1.165) is 0 Å². The Kier molecular flexibility index (Phi) is 3.90. The second-order valence-electron chi connectivity index (χ2n) is 6.55. The molecule has 1 aromatic rings. The summed E-state index contributed by atoms with van der Waals surface area (Å²) >= 11 is 0. The van der Waals surface area contributed by atoms with Crippen LogP contribution >= 0.6 is 0 Å². The molecule has 0 amide bonds. The van der Waals surface area contributed by atoms with Gasteiger partial charge in [0.2, 0.25) is 0 Å². The first-order valence-electron chi connectivity index (χ1n) is 7.75. The van der Waals surface area contributed by atoms with Gasteiger partial charge < -0.3 is 10.2 Å². The summed E-state index contributed by atoms with van der Waals surface area (Å²) in [5.74, 6) is 0.651. The van der Waals surface area contributed by atoms with E-state index in [1.54, 1.807) is 0 Å². The second kappa shape index (κ2) is 5.64. The van der Waals surface area contributed by atoms with E-state index in [9.17, 15) is 0 Å². The number of nitrogens with zero attached hydrogens (tertiary/aromatic N) is 1. The first-order valence-corrected chi connectivity index (χ1v) is 7.75. The average Bonchev–Trinajstić information content (AvgIpc) is 2.83. The van der Waals surface area contributed by atoms with Gasteiger partial charge in [-0.05, 0) is 55.8 Å². The lowest BCUT2D eigenvalue weighted by atomic mass is 9.78. The molecule has 2 fully saturated rings. The molecular formula is C17H26N2. The van der Waals surface area contributed by atoms with Crippen LogP contribution in [0, 0.1) is 5.41 Å². The van der Waals surface area contributed by atoms with E-state index in [2.05, 4.69) is 47.5 Å². The van der Waals surface area contributed by atoms with E-state index in [1.165, 1.54) is 57.5 Å². The Morgan fingerprint density at radius 3 is 2.63 bits per heavy atom. The molecule has 2 aliphatic rings. The smallest absolute Gasteiger partial charge is 0.00478 e. The number of benzene rings is 1. The lowest BCUT2D eigenvalue weighted by Gasteiger charge is -2.34. The van der Waals surface area contributed by atoms with Crippen LogP contribution in [0.15, 0.2) is 30.3 Å². The summed E-state index contributed by atoms with van der Waals surface area (Å²) in [6, 6.07) is 11.0. The molecule has 0 aromatic heterocycles. The predicted octanol–water partition coefficient (Wildman–Crippen LogP) is 2.87. The molecule has 2 saturated heterocycles. The van der Waals surface area contributed by atoms with Crippen LogP contribution < -0.4 is 5.32 Å². The van der Waals surface area contributed by atoms with Crippen LogP contribution in [-0.2, 0) is 0 Å². The summed E-state index contributed by atoms with van der Waals surface area (Å²) < 4.78 is 0. The zero-order valence-corrected chi connectivity index (χ0v) is 12.1. The molecule has 0 radical (unpaired) electrons. The van der Waals surface area contributed by atoms with Crippen molar-refractivity contribution < 1.29 is 0 Å². The predicted molar refractivity (Wildman–Crippen MR) is 80.5 cm³/mol. The fourth-order valence-electron chi connectivity index (χ4n) is 3.82. The zero-order valence-electron chi connectivity index (χ0n) is 12.1. The fourth-order valence-corrected chi connectivity index (χ4v) is 3.82. The number of nitrogens with one attached hydrogen (secondary N) is 1. The number of likely N-dealkylation sites (tertiary alicyclic amines) is 1. The van der Waals surface area contributed by atoms with Crippen LogP contribution in [0.5, 0.6) is 0 Å². The highest BCUT2D eigenvalue weighted by Crippen LogP contribution is 2.39. The van der Waals surface area contributed by atoms with Crippen molar-refractivity contribution in [3.8, 4) is 0 Å². The molecule has 2 heterocycles. The molecule has 2 nitrogen and oxygen atoms in total. The zero-order chi connectivity index (χ0) is 13.1. The maximum Gasteiger partial charge on any atom is 0.00478 e. The topological polar surface area (TPSA) is 15.3 Å². The highest BCUT2D eigenvalue weighted by molar-refractivity contribution is 5.19. The molecule has 1 unspecified atom stereocenters. The molecule has 1 N–H and O–H groups in total. The maximum absolute atomic E-state index is 3.50. The molecular weight excluding hydrogens is 232 g/mol. The van der Waals surface area contributed by atoms with Crippen molar-refractivity contribution in [2.75, 3.05) is 32.7 Å². The van der Waals surface area contributed by atoms with Gasteiger partial charge in [0, 0.05) is 13.1 Å². The molecule has 0 aliphatic carbocycles. The Balaban J connectivity index is 1.57. The minimum Gasteiger partial charge on any atom is -0.317 e. The van der Waals surface area contributed by atoms with Gasteiger partial charge in [-0.3, -0.25) is 0 Å². The average molecular weight is 258 g/mol. The lowest BCUT2D eigenvalue weighted by Crippen LogP contribution is -2.39. The van der Waals surface area contributed by atoms with E-state index in [4.69, 9.17) is 0 Å². The van der Waals surface area contributed by atoms with Crippen LogP contribution in [0.25, 0.3) is 0 Å². The molecule has 19 heavy (non-hydrogen) atoms. The molecule has 1 spiro atoms. The van der Waals surface area contributed by atoms with Gasteiger partial charge in [-0.2, -0.15) is 0 Å². The summed E-state index contributed by atoms with van der Waals surface area (Å²) in [6.45, 7) is 8.66. The minimum absolute atomic E-state index is 0.641. The molecule has 2 heteroatoms. The Labute approximate surface area is 117 Å². The quantitative estimate of drug-likeness (QED) is 0.897. The summed E-state index contributed by atoms with van der Waals surface area (Å²) in [7, 11) is 0. The van der Waals surface area contributed by atoms with Crippen LogP contribution in [0.3, 0.4) is 0 Å². The van der Waals surface area contributed by atoms with Gasteiger partial charge in [0.25, 0.3) is 0 Å². The van der Waals surface area contributed by atoms with Crippen molar-refractivity contribution in [3.63, 3.8) is 0 Å². The second-order valence-corrected chi connectivity index (χ2v) is 6.55. The van der Waals surface area contributed by atoms with Gasteiger partial charge in [0.1, 0.15) is 0 Å². The molecule has 0 bridgehead atoms. The Morgan fingerprint density at radius 2 is 1.89 bits per heavy atom. The Morgan fingerprint density at radius 1 is 1.16 bits per heavy atom. The highest BCUT2D eigenvalue weighted by atomic mass is 15.2. The third-order valence-corrected chi connectivity index (χ3v) is 5.08. The van der Waals surface area contributed by atoms with Crippen molar-refractivity contribution in [1.29, 1.82) is 0 Å². The van der Waals surface area contributed by atoms with Crippen molar-refractivity contribution in [3.05, 3.63) is 35.9 Å². The molecule has 0 saturated carbocycles. The number of hydrogen-bond acceptors (Lipinski definition) is 2. The largest absolute Gasteiger partial charge is 0.317 e. The number of hydrogen-bond donors (Lipinski definition) is 1. The van der Waals surface area contributed by atoms with Crippen LogP contribution in [-0.4, -0.2) is 37.6 Å². The van der Waals surface area contributed by atoms with E-state index < -0.39 is 0 Å². The van der Waals surface area contributed by atoms with Crippen LogP contribution in [0.1, 0.15) is 37.7 Å². The third-order valence-electron chi connectivity index (χ3n) is 5.08. The first-order chi connectivity index (χ1) is 9.27. The highest BCUT2D eigenvalue weighted by Gasteiger charge is 2.38. The van der Waals surface area contributed by atoms with Crippen LogP contribution in [0.4, 0.5) is 0 Å². The van der Waals surface area contributed by atoms with Crippen molar-refractivity contribution in [2.24, 2.45) is 5.41 Å². The van der Waals surface area contributed by atoms with E-state index in [0.29, 0.717) is 11.3 Å². The van der Waals surface area contributed by atoms with Gasteiger partial charge in [-0.15, -0.1) is 0 Å². The van der Waals surface area contributed by atoms with E-state index >= 15 is 0 Å². The van der Waals surface area contributed by atoms with Gasteiger partial charge in [-0.25, -0.2) is 0 Å². The summed E-state index contributed by atoms with van der Waals surface area (Å²) in [6.07, 6.45) is 4.17. The van der Waals surface area contributed by atoms with E-state index in [1.807, 2.05) is 0 Å². The summed E-state index contributed by atoms with van der Waals surface area (Å²) in [5.41, 5.74) is 2.12. The molecule has 104 valence electrons. The third kappa shape index (κ3) is 3.01. The SMILES string of the molecule is CC(CN1CCC2(CCNCC2)C1)c1ccccc1. The molecule has 1 atom stereocenters. The van der Waals surface area contributed by atoms with E-state index in [-0.39, 0.29) is 0 Å². The number of rotatable bonds is 3. The Hall–Kier alpha value is -0.860. The normalized spacial score (nSPS) is 24.7. The molecule has 1 aromatic carbocycles. The van der Waals surface area contributed by atoms with Crippen molar-refractivity contribution in [2.45, 2.75) is 32.1 Å². The molecule has 3 rings (SSSR count). The van der Waals surface area contributed by atoms with Crippen molar-refractivity contribution in [1.82, 2.24) is 10.2 Å². The maximum atomic E-state index is 3.50. The number of piperidine rings is 1. The Bertz CT molecular complexity index is 395. The van der Waals surface area contributed by atoms with Gasteiger partial charge in [-0.1, -0.05) is 37.3 Å². The summed E-state index contributed by atoms with van der Waals surface area (Å²) in [4.78, 5) is 2.70. The monoisotopic (exact) mass is 258 g/mol. The standard InChI is InChI=1S/C17H26N2/c1-15(16-5-3-2-4-6-16)13-19-12-9-17(14-19)7-10-18-11-8-17/h2-6,15,18H,7-14H2,1H3. The van der Waals surface area contributed by atoms with Gasteiger partial charge >= 0.3 is 0 Å². The van der Waals surface area contributed by atoms with Crippen LogP contribution in [0.2, 0.25) is 0 Å². The van der Waals surface area contributed by atoms with Gasteiger partial charge in [0.05, 0.1) is 0 Å². The minimum atomic E-state index is 0.641. The molecule has 2 aliphatic heterocycles. The first kappa shape index (κ1) is 13.1. The van der Waals surface area contributed by atoms with Crippen molar-refractivity contribution >= 4 is 0 Å². The fraction of sp³-hybridized carbons (Fsp3) is 0.647. The lowest BCUT2D eigenvalue weighted by molar-refractivity contribution is 0.193. The summed E-state index contributed by atoms with van der Waals surface area (Å²) in [5, 5.41) is 3.50. The van der Waals surface area contributed by atoms with Gasteiger partial charge in [0.15, 0.2) is 0 Å².